The summed E-state index contributed by atoms with van der Waals surface area (Å²) in [5.74, 6) is 0.756. The summed E-state index contributed by atoms with van der Waals surface area (Å²) in [6.45, 7) is 4.97. The first-order valence-electron chi connectivity index (χ1n) is 6.31. The molecule has 92 valence electrons. The Bertz CT molecular complexity index is 249. The van der Waals surface area contributed by atoms with Crippen LogP contribution in [0.25, 0.3) is 0 Å². The molecular formula is C12H23N3O. The number of nitrogens with zero attached hydrogens (tertiary/aromatic N) is 2. The molecule has 2 heterocycles. The number of rotatable bonds is 2. The summed E-state index contributed by atoms with van der Waals surface area (Å²) < 4.78 is 0. The fourth-order valence-electron chi connectivity index (χ4n) is 2.69. The van der Waals surface area contributed by atoms with E-state index in [0.29, 0.717) is 11.7 Å². The molecule has 0 spiro atoms. The minimum absolute atomic E-state index is 0.113. The van der Waals surface area contributed by atoms with E-state index in [1.807, 2.05) is 0 Å². The molecule has 0 radical (unpaired) electrons. The molecule has 0 amide bonds. The van der Waals surface area contributed by atoms with Crippen molar-refractivity contribution in [3.8, 4) is 0 Å². The van der Waals surface area contributed by atoms with Gasteiger partial charge >= 0.3 is 0 Å². The number of Topliss-reactive ketones (excluding diaryl/α,β-unsaturated/α-hetero) is 1. The summed E-state index contributed by atoms with van der Waals surface area (Å²) in [5.41, 5.74) is 0. The van der Waals surface area contributed by atoms with Crippen LogP contribution in [0.4, 0.5) is 0 Å². The number of likely N-dealkylation sites (N-methyl/N-ethyl adjacent to an activating group) is 1. The van der Waals surface area contributed by atoms with Gasteiger partial charge in [-0.1, -0.05) is 0 Å². The zero-order chi connectivity index (χ0) is 11.5. The minimum atomic E-state index is 0.113. The predicted molar refractivity (Wildman–Crippen MR) is 64.5 cm³/mol. The van der Waals surface area contributed by atoms with E-state index in [1.54, 1.807) is 0 Å². The normalized spacial score (nSPS) is 30.5. The van der Waals surface area contributed by atoms with Crippen LogP contribution in [0.5, 0.6) is 0 Å². The van der Waals surface area contributed by atoms with Gasteiger partial charge in [0.2, 0.25) is 0 Å². The lowest BCUT2D eigenvalue weighted by Crippen LogP contribution is -2.55. The summed E-state index contributed by atoms with van der Waals surface area (Å²) in [4.78, 5) is 16.9. The minimum Gasteiger partial charge on any atom is -0.313 e. The molecule has 1 unspecified atom stereocenters. The number of piperidine rings is 1. The standard InChI is InChI=1S/C12H23N3O/c1-14-6-3-10(4-7-14)12(16)11-9-13-5-8-15(11)2/h10-11,13H,3-9H2,1-2H3. The van der Waals surface area contributed by atoms with Crippen molar-refractivity contribution < 1.29 is 4.79 Å². The van der Waals surface area contributed by atoms with E-state index in [1.165, 1.54) is 0 Å². The van der Waals surface area contributed by atoms with Crippen molar-refractivity contribution in [2.24, 2.45) is 5.92 Å². The molecule has 4 nitrogen and oxygen atoms in total. The zero-order valence-corrected chi connectivity index (χ0v) is 10.4. The summed E-state index contributed by atoms with van der Waals surface area (Å²) >= 11 is 0. The van der Waals surface area contributed by atoms with Crippen LogP contribution in [0.2, 0.25) is 0 Å². The lowest BCUT2D eigenvalue weighted by Gasteiger charge is -2.36. The summed E-state index contributed by atoms with van der Waals surface area (Å²) in [6.07, 6.45) is 2.08. The number of carbonyl (C=O) groups is 1. The molecular weight excluding hydrogens is 202 g/mol. The molecule has 1 N–H and O–H groups in total. The highest BCUT2D eigenvalue weighted by Gasteiger charge is 2.32. The molecule has 2 aliphatic heterocycles. The second-order valence-electron chi connectivity index (χ2n) is 5.18. The first kappa shape index (κ1) is 12.0. The largest absolute Gasteiger partial charge is 0.313 e. The first-order valence-corrected chi connectivity index (χ1v) is 6.31. The molecule has 0 aromatic heterocycles. The van der Waals surface area contributed by atoms with Gasteiger partial charge in [0, 0.05) is 25.6 Å². The average molecular weight is 225 g/mol. The third kappa shape index (κ3) is 2.62. The van der Waals surface area contributed by atoms with Crippen molar-refractivity contribution >= 4 is 5.78 Å². The van der Waals surface area contributed by atoms with Crippen molar-refractivity contribution in [2.45, 2.75) is 18.9 Å². The van der Waals surface area contributed by atoms with E-state index in [9.17, 15) is 4.79 Å². The highest BCUT2D eigenvalue weighted by molar-refractivity contribution is 5.86. The van der Waals surface area contributed by atoms with E-state index >= 15 is 0 Å². The van der Waals surface area contributed by atoms with Crippen LogP contribution in [0, 0.1) is 5.92 Å². The molecule has 0 aliphatic carbocycles. The maximum Gasteiger partial charge on any atom is 0.154 e. The summed E-state index contributed by atoms with van der Waals surface area (Å²) in [5, 5.41) is 3.32. The fourth-order valence-corrected chi connectivity index (χ4v) is 2.69. The Balaban J connectivity index is 1.90. The van der Waals surface area contributed by atoms with Crippen LogP contribution in [-0.2, 0) is 4.79 Å². The Morgan fingerprint density at radius 3 is 2.50 bits per heavy atom. The van der Waals surface area contributed by atoms with Gasteiger partial charge in [-0.15, -0.1) is 0 Å². The number of hydrogen-bond acceptors (Lipinski definition) is 4. The molecule has 2 fully saturated rings. The van der Waals surface area contributed by atoms with Crippen molar-refractivity contribution in [3.05, 3.63) is 0 Å². The van der Waals surface area contributed by atoms with E-state index in [-0.39, 0.29) is 6.04 Å². The predicted octanol–water partition coefficient (Wildman–Crippen LogP) is -0.199. The maximum absolute atomic E-state index is 12.4. The van der Waals surface area contributed by atoms with Gasteiger partial charge in [-0.25, -0.2) is 0 Å². The number of carbonyl (C=O) groups excluding carboxylic acids is 1. The second-order valence-corrected chi connectivity index (χ2v) is 5.18. The van der Waals surface area contributed by atoms with E-state index in [2.05, 4.69) is 29.2 Å². The molecule has 2 rings (SSSR count). The van der Waals surface area contributed by atoms with Crippen LogP contribution in [-0.4, -0.2) is 68.4 Å². The molecule has 1 atom stereocenters. The van der Waals surface area contributed by atoms with E-state index in [4.69, 9.17) is 0 Å². The van der Waals surface area contributed by atoms with Gasteiger partial charge in [-0.2, -0.15) is 0 Å². The molecule has 2 saturated heterocycles. The third-order valence-corrected chi connectivity index (χ3v) is 3.96. The van der Waals surface area contributed by atoms with Gasteiger partial charge in [0.05, 0.1) is 6.04 Å². The fraction of sp³-hybridized carbons (Fsp3) is 0.917. The molecule has 0 aromatic carbocycles. The second kappa shape index (κ2) is 5.25. The first-order chi connectivity index (χ1) is 7.68. The Labute approximate surface area is 98.0 Å². The van der Waals surface area contributed by atoms with Crippen LogP contribution in [0.3, 0.4) is 0 Å². The monoisotopic (exact) mass is 225 g/mol. The maximum atomic E-state index is 12.4. The van der Waals surface area contributed by atoms with Gasteiger partial charge in [0.1, 0.15) is 0 Å². The Morgan fingerprint density at radius 2 is 1.88 bits per heavy atom. The Hall–Kier alpha value is -0.450. The van der Waals surface area contributed by atoms with Crippen LogP contribution < -0.4 is 5.32 Å². The van der Waals surface area contributed by atoms with Gasteiger partial charge in [0.15, 0.2) is 5.78 Å². The SMILES string of the molecule is CN1CCC(C(=O)C2CNCCN2C)CC1. The lowest BCUT2D eigenvalue weighted by atomic mass is 9.88. The average Bonchev–Trinajstić information content (AvgIpc) is 2.30. The van der Waals surface area contributed by atoms with Crippen LogP contribution in [0.1, 0.15) is 12.8 Å². The van der Waals surface area contributed by atoms with Crippen molar-refractivity contribution in [1.82, 2.24) is 15.1 Å². The van der Waals surface area contributed by atoms with Crippen LogP contribution in [0.15, 0.2) is 0 Å². The summed E-state index contributed by atoms with van der Waals surface area (Å²) in [7, 11) is 4.20. The highest BCUT2D eigenvalue weighted by Crippen LogP contribution is 2.20. The third-order valence-electron chi connectivity index (χ3n) is 3.96. The quantitative estimate of drug-likeness (QED) is 0.706. The Morgan fingerprint density at radius 1 is 1.19 bits per heavy atom. The van der Waals surface area contributed by atoms with Crippen molar-refractivity contribution in [1.29, 1.82) is 0 Å². The lowest BCUT2D eigenvalue weighted by molar-refractivity contribution is -0.129. The molecule has 16 heavy (non-hydrogen) atoms. The van der Waals surface area contributed by atoms with Crippen molar-refractivity contribution in [3.63, 3.8) is 0 Å². The van der Waals surface area contributed by atoms with Crippen molar-refractivity contribution in [2.75, 3.05) is 46.8 Å². The van der Waals surface area contributed by atoms with E-state index < -0.39 is 0 Å². The molecule has 2 aliphatic rings. The number of likely N-dealkylation sites (tertiary alicyclic amines) is 1. The number of ketones is 1. The topological polar surface area (TPSA) is 35.6 Å². The van der Waals surface area contributed by atoms with Gasteiger partial charge in [-0.3, -0.25) is 9.69 Å². The highest BCUT2D eigenvalue weighted by atomic mass is 16.1. The smallest absolute Gasteiger partial charge is 0.154 e. The van der Waals surface area contributed by atoms with Gasteiger partial charge in [0.25, 0.3) is 0 Å². The number of nitrogens with one attached hydrogen (secondary N) is 1. The Kier molecular flexibility index (Phi) is 3.95. The molecule has 0 bridgehead atoms. The van der Waals surface area contributed by atoms with Crippen LogP contribution >= 0.6 is 0 Å². The number of piperazine rings is 1. The van der Waals surface area contributed by atoms with Gasteiger partial charge in [-0.05, 0) is 40.0 Å². The molecule has 0 saturated carbocycles. The van der Waals surface area contributed by atoms with E-state index in [0.717, 1.165) is 45.6 Å². The summed E-state index contributed by atoms with van der Waals surface area (Å²) in [6, 6.07) is 0.113. The molecule has 0 aromatic rings. The molecule has 4 heteroatoms. The number of hydrogen-bond donors (Lipinski definition) is 1. The zero-order valence-electron chi connectivity index (χ0n) is 10.4. The van der Waals surface area contributed by atoms with Gasteiger partial charge < -0.3 is 10.2 Å².